The lowest BCUT2D eigenvalue weighted by molar-refractivity contribution is 0.0663. The number of piperazine rings is 1. The topological polar surface area (TPSA) is 80.3 Å². The first-order valence-electron chi connectivity index (χ1n) is 11.9. The number of anilines is 1. The molecule has 2 aromatic rings. The van der Waals surface area contributed by atoms with Crippen molar-refractivity contribution < 1.29 is 19.0 Å². The van der Waals surface area contributed by atoms with Crippen LogP contribution in [0, 0.1) is 0 Å². The van der Waals surface area contributed by atoms with Gasteiger partial charge in [0.2, 0.25) is 5.75 Å². The Kier molecular flexibility index (Phi) is 7.41. The minimum atomic E-state index is -0.00249. The maximum Gasteiger partial charge on any atom is 0.259 e. The van der Waals surface area contributed by atoms with Crippen LogP contribution in [-0.2, 0) is 0 Å². The number of methoxy groups -OCH3 is 3. The predicted molar refractivity (Wildman–Crippen MR) is 131 cm³/mol. The molecule has 2 fully saturated rings. The molecule has 9 heteroatoms. The fourth-order valence-corrected chi connectivity index (χ4v) is 4.68. The molecule has 2 aliphatic rings. The second kappa shape index (κ2) is 10.5. The highest BCUT2D eigenvalue weighted by Crippen LogP contribution is 2.41. The molecule has 2 saturated heterocycles. The molecule has 0 bridgehead atoms. The molecule has 34 heavy (non-hydrogen) atoms. The smallest absolute Gasteiger partial charge is 0.259 e. The minimum Gasteiger partial charge on any atom is -0.493 e. The summed E-state index contributed by atoms with van der Waals surface area (Å²) in [5, 5.41) is 0. The van der Waals surface area contributed by atoms with Crippen LogP contribution >= 0.6 is 0 Å². The van der Waals surface area contributed by atoms with Crippen molar-refractivity contribution in [1.82, 2.24) is 19.8 Å². The van der Waals surface area contributed by atoms with Gasteiger partial charge in [-0.1, -0.05) is 0 Å². The van der Waals surface area contributed by atoms with Crippen molar-refractivity contribution in [1.29, 1.82) is 0 Å². The summed E-state index contributed by atoms with van der Waals surface area (Å²) in [4.78, 5) is 29.5. The van der Waals surface area contributed by atoms with E-state index in [-0.39, 0.29) is 5.91 Å². The van der Waals surface area contributed by atoms with Gasteiger partial charge in [0.05, 0.1) is 21.3 Å². The van der Waals surface area contributed by atoms with Crippen LogP contribution in [0.25, 0.3) is 11.4 Å². The zero-order valence-corrected chi connectivity index (χ0v) is 20.8. The first kappa shape index (κ1) is 24.1. The molecule has 1 aromatic carbocycles. The number of aromatic nitrogens is 2. The summed E-state index contributed by atoms with van der Waals surface area (Å²) in [6, 6.07) is 3.97. The van der Waals surface area contributed by atoms with Crippen molar-refractivity contribution in [3.05, 3.63) is 23.9 Å². The van der Waals surface area contributed by atoms with Crippen molar-refractivity contribution in [2.24, 2.45) is 0 Å². The lowest BCUT2D eigenvalue weighted by Gasteiger charge is -2.37. The molecule has 0 saturated carbocycles. The number of carbonyl (C=O) groups excluding carboxylic acids is 1. The molecular formula is C25H35N5O4. The van der Waals surface area contributed by atoms with E-state index < -0.39 is 0 Å². The van der Waals surface area contributed by atoms with Crippen molar-refractivity contribution in [3.63, 3.8) is 0 Å². The third-order valence-corrected chi connectivity index (χ3v) is 6.79. The second-order valence-electron chi connectivity index (χ2n) is 8.98. The molecule has 9 nitrogen and oxygen atoms in total. The van der Waals surface area contributed by atoms with Gasteiger partial charge in [0, 0.05) is 50.5 Å². The molecule has 1 amide bonds. The van der Waals surface area contributed by atoms with E-state index in [1.807, 2.05) is 17.0 Å². The number of nitrogens with zero attached hydrogens (tertiary/aromatic N) is 5. The Balaban J connectivity index is 1.78. The van der Waals surface area contributed by atoms with Gasteiger partial charge in [-0.3, -0.25) is 4.79 Å². The lowest BCUT2D eigenvalue weighted by atomic mass is 10.0. The molecule has 1 atom stereocenters. The molecule has 4 rings (SSSR count). The van der Waals surface area contributed by atoms with E-state index >= 15 is 0 Å². The molecule has 0 radical (unpaired) electrons. The second-order valence-corrected chi connectivity index (χ2v) is 8.98. The summed E-state index contributed by atoms with van der Waals surface area (Å²) in [6.07, 6.45) is 5.02. The zero-order chi connectivity index (χ0) is 24.2. The molecule has 3 heterocycles. The highest BCUT2D eigenvalue weighted by Gasteiger charge is 2.29. The number of likely N-dealkylation sites (N-methyl/N-ethyl adjacent to an activating group) is 1. The SMILES string of the molecule is COc1cc(-c2ncc(C(=O)N3CCN(C)CC3)c(N3CCCCC3C)n2)cc(OC)c1OC. The highest BCUT2D eigenvalue weighted by molar-refractivity contribution is 5.99. The van der Waals surface area contributed by atoms with E-state index in [4.69, 9.17) is 19.2 Å². The average Bonchev–Trinajstić information content (AvgIpc) is 2.87. The summed E-state index contributed by atoms with van der Waals surface area (Å²) in [5.41, 5.74) is 1.30. The molecule has 0 aliphatic carbocycles. The summed E-state index contributed by atoms with van der Waals surface area (Å²) in [7, 11) is 6.82. The van der Waals surface area contributed by atoms with Gasteiger partial charge in [-0.2, -0.15) is 0 Å². The Morgan fingerprint density at radius 1 is 0.971 bits per heavy atom. The van der Waals surface area contributed by atoms with Gasteiger partial charge in [-0.15, -0.1) is 0 Å². The number of hydrogen-bond acceptors (Lipinski definition) is 8. The Hall–Kier alpha value is -3.07. The number of hydrogen-bond donors (Lipinski definition) is 0. The molecule has 1 aromatic heterocycles. The quantitative estimate of drug-likeness (QED) is 0.639. The lowest BCUT2D eigenvalue weighted by Crippen LogP contribution is -2.48. The fourth-order valence-electron chi connectivity index (χ4n) is 4.68. The highest BCUT2D eigenvalue weighted by atomic mass is 16.5. The molecular weight excluding hydrogens is 434 g/mol. The van der Waals surface area contributed by atoms with Gasteiger partial charge in [-0.25, -0.2) is 9.97 Å². The summed E-state index contributed by atoms with van der Waals surface area (Å²) in [6.45, 7) is 6.22. The molecule has 0 spiro atoms. The van der Waals surface area contributed by atoms with Crippen LogP contribution in [0.2, 0.25) is 0 Å². The first-order valence-corrected chi connectivity index (χ1v) is 11.9. The van der Waals surface area contributed by atoms with Gasteiger partial charge in [-0.05, 0) is 45.4 Å². The third-order valence-electron chi connectivity index (χ3n) is 6.79. The number of carbonyl (C=O) groups is 1. The molecule has 2 aliphatic heterocycles. The number of amides is 1. The normalized spacial score (nSPS) is 19.1. The number of rotatable bonds is 6. The summed E-state index contributed by atoms with van der Waals surface area (Å²) < 4.78 is 16.5. The Morgan fingerprint density at radius 3 is 2.24 bits per heavy atom. The monoisotopic (exact) mass is 469 g/mol. The van der Waals surface area contributed by atoms with Gasteiger partial charge in [0.25, 0.3) is 5.91 Å². The van der Waals surface area contributed by atoms with E-state index in [2.05, 4.69) is 28.8 Å². The van der Waals surface area contributed by atoms with Crippen LogP contribution in [0.15, 0.2) is 18.3 Å². The van der Waals surface area contributed by atoms with E-state index in [0.717, 1.165) is 38.0 Å². The third kappa shape index (κ3) is 4.75. The molecule has 184 valence electrons. The Morgan fingerprint density at radius 2 is 1.65 bits per heavy atom. The molecule has 1 unspecified atom stereocenters. The first-order chi connectivity index (χ1) is 16.5. The Labute approximate surface area is 201 Å². The minimum absolute atomic E-state index is 0.00249. The van der Waals surface area contributed by atoms with E-state index in [1.54, 1.807) is 27.5 Å². The van der Waals surface area contributed by atoms with E-state index in [9.17, 15) is 4.79 Å². The zero-order valence-electron chi connectivity index (χ0n) is 20.8. The van der Waals surface area contributed by atoms with Crippen molar-refractivity contribution >= 4 is 11.7 Å². The van der Waals surface area contributed by atoms with Crippen molar-refractivity contribution in [2.75, 3.05) is 66.0 Å². The van der Waals surface area contributed by atoms with E-state index in [1.165, 1.54) is 6.42 Å². The van der Waals surface area contributed by atoms with Crippen LogP contribution in [0.5, 0.6) is 17.2 Å². The van der Waals surface area contributed by atoms with Crippen LogP contribution in [0.1, 0.15) is 36.5 Å². The number of benzene rings is 1. The largest absolute Gasteiger partial charge is 0.493 e. The van der Waals surface area contributed by atoms with Crippen molar-refractivity contribution in [2.45, 2.75) is 32.2 Å². The maximum atomic E-state index is 13.6. The standard InChI is InChI=1S/C25H35N5O4/c1-17-8-6-7-9-30(17)24-19(25(31)29-12-10-28(2)11-13-29)16-26-23(27-24)18-14-20(32-3)22(34-5)21(15-18)33-4/h14-17H,6-13H2,1-5H3. The van der Waals surface area contributed by atoms with Gasteiger partial charge in [0.15, 0.2) is 17.3 Å². The van der Waals surface area contributed by atoms with Crippen LogP contribution in [-0.4, -0.2) is 92.8 Å². The fraction of sp³-hybridized carbons (Fsp3) is 0.560. The van der Waals surface area contributed by atoms with Gasteiger partial charge in [0.1, 0.15) is 11.4 Å². The van der Waals surface area contributed by atoms with E-state index in [0.29, 0.717) is 53.6 Å². The van der Waals surface area contributed by atoms with Crippen LogP contribution in [0.3, 0.4) is 0 Å². The number of ether oxygens (including phenoxy) is 3. The Bertz CT molecular complexity index is 997. The number of piperidine rings is 1. The van der Waals surface area contributed by atoms with Gasteiger partial charge >= 0.3 is 0 Å². The van der Waals surface area contributed by atoms with Crippen LogP contribution < -0.4 is 19.1 Å². The maximum absolute atomic E-state index is 13.6. The van der Waals surface area contributed by atoms with Crippen LogP contribution in [0.4, 0.5) is 5.82 Å². The average molecular weight is 470 g/mol. The molecule has 0 N–H and O–H groups in total. The van der Waals surface area contributed by atoms with Gasteiger partial charge < -0.3 is 28.9 Å². The van der Waals surface area contributed by atoms with Crippen molar-refractivity contribution in [3.8, 4) is 28.6 Å². The predicted octanol–water partition coefficient (Wildman–Crippen LogP) is 2.94. The summed E-state index contributed by atoms with van der Waals surface area (Å²) in [5.74, 6) is 2.80. The summed E-state index contributed by atoms with van der Waals surface area (Å²) >= 11 is 0.